The van der Waals surface area contributed by atoms with E-state index in [0.29, 0.717) is 11.6 Å². The van der Waals surface area contributed by atoms with Crippen molar-refractivity contribution in [1.29, 1.82) is 5.26 Å². The lowest BCUT2D eigenvalue weighted by molar-refractivity contribution is -0.122. The second-order valence-electron chi connectivity index (χ2n) is 4.93. The maximum Gasteiger partial charge on any atom is 0.224 e. The fraction of sp³-hybridized carbons (Fsp3) is 0.538. The first-order valence-electron chi connectivity index (χ1n) is 6.40. The standard InChI is InChI=1S/C13H17N5O/c1-8-6-11(7-14)18-13(16-8)17-10-4-2-9(3-5-10)12(15)19/h6,9-10H,2-5H2,1H3,(H2,15,19)(H,16,17,18). The van der Waals surface area contributed by atoms with Crippen molar-refractivity contribution in [1.82, 2.24) is 9.97 Å². The molecule has 1 aliphatic rings. The molecule has 1 fully saturated rings. The van der Waals surface area contributed by atoms with Gasteiger partial charge in [0.1, 0.15) is 11.8 Å². The van der Waals surface area contributed by atoms with Crippen LogP contribution in [0.3, 0.4) is 0 Å². The number of amides is 1. The Balaban J connectivity index is 1.98. The number of nitrogens with two attached hydrogens (primary N) is 1. The largest absolute Gasteiger partial charge is 0.369 e. The summed E-state index contributed by atoms with van der Waals surface area (Å²) in [6.45, 7) is 1.83. The molecule has 0 aliphatic heterocycles. The summed E-state index contributed by atoms with van der Waals surface area (Å²) < 4.78 is 0. The van der Waals surface area contributed by atoms with Gasteiger partial charge in [-0.15, -0.1) is 0 Å². The van der Waals surface area contributed by atoms with Gasteiger partial charge in [-0.2, -0.15) is 5.26 Å². The fourth-order valence-corrected chi connectivity index (χ4v) is 2.40. The molecule has 1 heterocycles. The van der Waals surface area contributed by atoms with Crippen LogP contribution in [-0.4, -0.2) is 21.9 Å². The monoisotopic (exact) mass is 259 g/mol. The van der Waals surface area contributed by atoms with Gasteiger partial charge < -0.3 is 11.1 Å². The molecule has 0 saturated heterocycles. The van der Waals surface area contributed by atoms with Gasteiger partial charge >= 0.3 is 0 Å². The second-order valence-corrected chi connectivity index (χ2v) is 4.93. The SMILES string of the molecule is Cc1cc(C#N)nc(NC2CCC(C(N)=O)CC2)n1. The van der Waals surface area contributed by atoms with Crippen LogP contribution >= 0.6 is 0 Å². The molecule has 1 aliphatic carbocycles. The lowest BCUT2D eigenvalue weighted by Crippen LogP contribution is -2.32. The van der Waals surface area contributed by atoms with E-state index in [9.17, 15) is 4.79 Å². The smallest absolute Gasteiger partial charge is 0.224 e. The summed E-state index contributed by atoms with van der Waals surface area (Å²) in [5, 5.41) is 12.1. The van der Waals surface area contributed by atoms with Gasteiger partial charge in [-0.05, 0) is 38.7 Å². The van der Waals surface area contributed by atoms with Crippen molar-refractivity contribution in [2.75, 3.05) is 5.32 Å². The molecule has 1 aromatic rings. The Morgan fingerprint density at radius 2 is 2.11 bits per heavy atom. The number of hydrogen-bond donors (Lipinski definition) is 2. The van der Waals surface area contributed by atoms with Crippen LogP contribution in [0.4, 0.5) is 5.95 Å². The summed E-state index contributed by atoms with van der Waals surface area (Å²) in [5.41, 5.74) is 6.43. The Bertz CT molecular complexity index is 514. The van der Waals surface area contributed by atoms with Gasteiger partial charge in [-0.3, -0.25) is 4.79 Å². The molecule has 1 saturated carbocycles. The summed E-state index contributed by atoms with van der Waals surface area (Å²) in [6.07, 6.45) is 3.33. The molecule has 100 valence electrons. The third-order valence-corrected chi connectivity index (χ3v) is 3.43. The highest BCUT2D eigenvalue weighted by Crippen LogP contribution is 2.25. The summed E-state index contributed by atoms with van der Waals surface area (Å²) in [7, 11) is 0. The Morgan fingerprint density at radius 1 is 1.42 bits per heavy atom. The molecule has 1 amide bonds. The van der Waals surface area contributed by atoms with Crippen molar-refractivity contribution in [2.45, 2.75) is 38.6 Å². The molecule has 0 spiro atoms. The van der Waals surface area contributed by atoms with Gasteiger partial charge in [0, 0.05) is 17.7 Å². The predicted molar refractivity (Wildman–Crippen MR) is 70.0 cm³/mol. The number of primary amides is 1. The van der Waals surface area contributed by atoms with Crippen LogP contribution < -0.4 is 11.1 Å². The Labute approximate surface area is 112 Å². The van der Waals surface area contributed by atoms with Gasteiger partial charge in [0.05, 0.1) is 0 Å². The average molecular weight is 259 g/mol. The van der Waals surface area contributed by atoms with Gasteiger partial charge in [0.25, 0.3) is 0 Å². The van der Waals surface area contributed by atoms with Crippen LogP contribution in [0, 0.1) is 24.2 Å². The van der Waals surface area contributed by atoms with E-state index in [0.717, 1.165) is 31.4 Å². The van der Waals surface area contributed by atoms with Crippen LogP contribution in [0.5, 0.6) is 0 Å². The van der Waals surface area contributed by atoms with Crippen molar-refractivity contribution >= 4 is 11.9 Å². The van der Waals surface area contributed by atoms with Crippen LogP contribution in [0.15, 0.2) is 6.07 Å². The number of aryl methyl sites for hydroxylation is 1. The lowest BCUT2D eigenvalue weighted by atomic mass is 9.86. The Hall–Kier alpha value is -2.16. The van der Waals surface area contributed by atoms with E-state index >= 15 is 0 Å². The first-order valence-corrected chi connectivity index (χ1v) is 6.40. The number of nitrogens with one attached hydrogen (secondary N) is 1. The zero-order chi connectivity index (χ0) is 13.8. The summed E-state index contributed by atoms with van der Waals surface area (Å²) in [4.78, 5) is 19.5. The third-order valence-electron chi connectivity index (χ3n) is 3.43. The molecule has 2 rings (SSSR count). The van der Waals surface area contributed by atoms with Crippen LogP contribution in [0.1, 0.15) is 37.1 Å². The lowest BCUT2D eigenvalue weighted by Gasteiger charge is -2.27. The number of carbonyl (C=O) groups excluding carboxylic acids is 1. The highest BCUT2D eigenvalue weighted by atomic mass is 16.1. The van der Waals surface area contributed by atoms with Crippen molar-refractivity contribution in [2.24, 2.45) is 11.7 Å². The van der Waals surface area contributed by atoms with Crippen molar-refractivity contribution < 1.29 is 4.79 Å². The third kappa shape index (κ3) is 3.41. The Morgan fingerprint density at radius 3 is 2.68 bits per heavy atom. The van der Waals surface area contributed by atoms with Gasteiger partial charge in [0.15, 0.2) is 0 Å². The predicted octanol–water partition coefficient (Wildman–Crippen LogP) is 1.11. The number of hydrogen-bond acceptors (Lipinski definition) is 5. The molecule has 0 aromatic carbocycles. The van der Waals surface area contributed by atoms with E-state index in [4.69, 9.17) is 11.0 Å². The quantitative estimate of drug-likeness (QED) is 0.846. The summed E-state index contributed by atoms with van der Waals surface area (Å²) in [5.74, 6) is 0.266. The fourth-order valence-electron chi connectivity index (χ4n) is 2.40. The summed E-state index contributed by atoms with van der Waals surface area (Å²) in [6, 6.07) is 3.90. The number of nitrogens with zero attached hydrogens (tertiary/aromatic N) is 3. The van der Waals surface area contributed by atoms with Crippen LogP contribution in [0.2, 0.25) is 0 Å². The molecular formula is C13H17N5O. The first-order chi connectivity index (χ1) is 9.08. The molecule has 6 heteroatoms. The highest BCUT2D eigenvalue weighted by molar-refractivity contribution is 5.76. The molecule has 6 nitrogen and oxygen atoms in total. The minimum Gasteiger partial charge on any atom is -0.369 e. The van der Waals surface area contributed by atoms with Crippen LogP contribution in [0.25, 0.3) is 0 Å². The van der Waals surface area contributed by atoms with E-state index < -0.39 is 0 Å². The minimum absolute atomic E-state index is 0.00820. The van der Waals surface area contributed by atoms with E-state index in [1.165, 1.54) is 0 Å². The molecule has 0 unspecified atom stereocenters. The number of rotatable bonds is 3. The minimum atomic E-state index is -0.211. The van der Waals surface area contributed by atoms with Crippen LogP contribution in [-0.2, 0) is 4.79 Å². The average Bonchev–Trinajstić information content (AvgIpc) is 2.38. The van der Waals surface area contributed by atoms with Crippen molar-refractivity contribution in [3.8, 4) is 6.07 Å². The van der Waals surface area contributed by atoms with E-state index in [1.807, 2.05) is 13.0 Å². The zero-order valence-electron chi connectivity index (χ0n) is 10.9. The van der Waals surface area contributed by atoms with Gasteiger partial charge in [-0.25, -0.2) is 9.97 Å². The number of aromatic nitrogens is 2. The molecule has 3 N–H and O–H groups in total. The normalized spacial score (nSPS) is 22.5. The zero-order valence-corrected chi connectivity index (χ0v) is 10.9. The number of anilines is 1. The molecule has 0 atom stereocenters. The molecule has 0 bridgehead atoms. The van der Waals surface area contributed by atoms with Gasteiger partial charge in [-0.1, -0.05) is 0 Å². The second kappa shape index (κ2) is 5.65. The maximum atomic E-state index is 11.1. The number of carbonyl (C=O) groups is 1. The molecule has 0 radical (unpaired) electrons. The van der Waals surface area contributed by atoms with Crippen molar-refractivity contribution in [3.63, 3.8) is 0 Å². The molecule has 1 aromatic heterocycles. The van der Waals surface area contributed by atoms with Gasteiger partial charge in [0.2, 0.25) is 11.9 Å². The Kier molecular flexibility index (Phi) is 3.95. The topological polar surface area (TPSA) is 105 Å². The highest BCUT2D eigenvalue weighted by Gasteiger charge is 2.25. The first kappa shape index (κ1) is 13.3. The van der Waals surface area contributed by atoms with E-state index in [2.05, 4.69) is 15.3 Å². The van der Waals surface area contributed by atoms with E-state index in [1.54, 1.807) is 6.07 Å². The maximum absolute atomic E-state index is 11.1. The molecular weight excluding hydrogens is 242 g/mol. The van der Waals surface area contributed by atoms with E-state index in [-0.39, 0.29) is 17.9 Å². The van der Waals surface area contributed by atoms with Crippen molar-refractivity contribution in [3.05, 3.63) is 17.5 Å². The number of nitriles is 1. The summed E-state index contributed by atoms with van der Waals surface area (Å²) >= 11 is 0. The molecule has 19 heavy (non-hydrogen) atoms.